The lowest BCUT2D eigenvalue weighted by Gasteiger charge is -2.10. The Morgan fingerprint density at radius 1 is 0.800 bits per heavy atom. The number of nitrogens with zero attached hydrogens (tertiary/aromatic N) is 2. The predicted molar refractivity (Wildman–Crippen MR) is 104 cm³/mol. The zero-order valence-electron chi connectivity index (χ0n) is 20.2. The molecule has 0 spiro atoms. The van der Waals surface area contributed by atoms with Crippen molar-refractivity contribution in [2.45, 2.75) is 20.6 Å². The van der Waals surface area contributed by atoms with Crippen LogP contribution >= 0.6 is 0 Å². The molecule has 0 aliphatic carbocycles. The predicted octanol–water partition coefficient (Wildman–Crippen LogP) is 5.05. The number of fused-ring (bicyclic) bond motifs is 1. The van der Waals surface area contributed by atoms with E-state index in [1.54, 1.807) is 4.57 Å². The van der Waals surface area contributed by atoms with E-state index in [0.717, 1.165) is 28.0 Å². The Morgan fingerprint density at radius 3 is 2.16 bits per heavy atom. The van der Waals surface area contributed by atoms with Crippen LogP contribution in [0.4, 0.5) is 0 Å². The van der Waals surface area contributed by atoms with Gasteiger partial charge in [0.1, 0.15) is 5.69 Å². The minimum atomic E-state index is -2.48. The topological polar surface area (TPSA) is 8.81 Å². The van der Waals surface area contributed by atoms with Gasteiger partial charge >= 0.3 is 0 Å². The van der Waals surface area contributed by atoms with Crippen molar-refractivity contribution < 1.29 is 12.8 Å². The Labute approximate surface area is 157 Å². The van der Waals surface area contributed by atoms with Crippen molar-refractivity contribution in [2.24, 2.45) is 7.05 Å². The van der Waals surface area contributed by atoms with E-state index < -0.39 is 13.7 Å². The maximum atomic E-state index is 8.13. The van der Waals surface area contributed by atoms with Gasteiger partial charge in [0.25, 0.3) is 5.82 Å². The summed E-state index contributed by atoms with van der Waals surface area (Å²) in [6.07, 6.45) is 0. The molecule has 0 saturated heterocycles. The third kappa shape index (κ3) is 2.37. The number of benzene rings is 3. The third-order valence-corrected chi connectivity index (χ3v) is 4.66. The van der Waals surface area contributed by atoms with Gasteiger partial charge in [-0.25, -0.2) is 4.57 Å². The smallest absolute Gasteiger partial charge is 0.225 e. The standard InChI is InChI=1S/C23H23N2/c1-16-10-5-6-13-19(16)23-24(4)20-14-7-8-15-21(20)25(23)22-17(2)11-9-12-18(22)3/h5-15H,1-4H3/q+1/i2D3,3D3. The summed E-state index contributed by atoms with van der Waals surface area (Å²) in [7, 11) is 1.91. The molecule has 1 heterocycles. The van der Waals surface area contributed by atoms with Crippen LogP contribution in [0.25, 0.3) is 28.1 Å². The molecule has 1 aromatic heterocycles. The number of imidazole rings is 1. The second-order valence-electron chi connectivity index (χ2n) is 6.22. The zero-order valence-corrected chi connectivity index (χ0v) is 14.2. The van der Waals surface area contributed by atoms with Crippen molar-refractivity contribution in [1.29, 1.82) is 0 Å². The first-order valence-electron chi connectivity index (χ1n) is 11.2. The highest BCUT2D eigenvalue weighted by Crippen LogP contribution is 2.31. The monoisotopic (exact) mass is 333 g/mol. The number of rotatable bonds is 2. The maximum absolute atomic E-state index is 8.13. The van der Waals surface area contributed by atoms with Crippen molar-refractivity contribution in [2.75, 3.05) is 0 Å². The molecule has 0 fully saturated rings. The van der Waals surface area contributed by atoms with Gasteiger partial charge in [0, 0.05) is 8.22 Å². The fraction of sp³-hybridized carbons (Fsp3) is 0.174. The van der Waals surface area contributed by atoms with E-state index in [4.69, 9.17) is 8.22 Å². The summed E-state index contributed by atoms with van der Waals surface area (Å²) >= 11 is 0. The van der Waals surface area contributed by atoms with Crippen LogP contribution in [0.2, 0.25) is 0 Å². The lowest BCUT2D eigenvalue weighted by atomic mass is 10.1. The van der Waals surface area contributed by atoms with E-state index in [1.165, 1.54) is 18.2 Å². The van der Waals surface area contributed by atoms with Crippen LogP contribution in [0.15, 0.2) is 66.7 Å². The lowest BCUT2D eigenvalue weighted by Crippen LogP contribution is -2.30. The normalized spacial score (nSPS) is 15.8. The Bertz CT molecular complexity index is 1250. The van der Waals surface area contributed by atoms with E-state index >= 15 is 0 Å². The minimum absolute atomic E-state index is 0.0114. The molecular formula is C23H23N2+. The molecule has 25 heavy (non-hydrogen) atoms. The Hall–Kier alpha value is -2.87. The summed E-state index contributed by atoms with van der Waals surface area (Å²) in [5, 5.41) is 0. The average molecular weight is 333 g/mol. The van der Waals surface area contributed by atoms with Crippen LogP contribution in [-0.4, -0.2) is 4.57 Å². The van der Waals surface area contributed by atoms with Crippen molar-refractivity contribution in [3.63, 3.8) is 0 Å². The second kappa shape index (κ2) is 5.89. The molecule has 0 N–H and O–H groups in total. The molecule has 4 aromatic rings. The molecule has 2 heteroatoms. The first kappa shape index (κ1) is 10.2. The quantitative estimate of drug-likeness (QED) is 0.454. The van der Waals surface area contributed by atoms with Crippen molar-refractivity contribution >= 4 is 11.0 Å². The molecule has 0 unspecified atom stereocenters. The molecule has 0 aliphatic rings. The third-order valence-electron chi connectivity index (χ3n) is 4.66. The lowest BCUT2D eigenvalue weighted by molar-refractivity contribution is -0.633. The summed E-state index contributed by atoms with van der Waals surface area (Å²) in [6, 6.07) is 19.9. The van der Waals surface area contributed by atoms with Gasteiger partial charge in [-0.2, -0.15) is 4.57 Å². The van der Waals surface area contributed by atoms with Gasteiger partial charge in [-0.1, -0.05) is 48.5 Å². The van der Waals surface area contributed by atoms with E-state index in [1.807, 2.05) is 67.1 Å². The highest BCUT2D eigenvalue weighted by molar-refractivity contribution is 5.80. The van der Waals surface area contributed by atoms with E-state index in [0.29, 0.717) is 0 Å². The van der Waals surface area contributed by atoms with Gasteiger partial charge < -0.3 is 0 Å². The minimum Gasteiger partial charge on any atom is -0.225 e. The summed E-state index contributed by atoms with van der Waals surface area (Å²) in [5.74, 6) is 0.724. The van der Waals surface area contributed by atoms with E-state index in [9.17, 15) is 0 Å². The first-order valence-corrected chi connectivity index (χ1v) is 8.21. The van der Waals surface area contributed by atoms with Gasteiger partial charge in [0.05, 0.1) is 12.6 Å². The number of hydrogen-bond donors (Lipinski definition) is 0. The van der Waals surface area contributed by atoms with Crippen LogP contribution in [0.1, 0.15) is 24.9 Å². The highest BCUT2D eigenvalue weighted by atomic mass is 15.2. The van der Waals surface area contributed by atoms with Crippen LogP contribution in [0, 0.1) is 20.6 Å². The zero-order chi connectivity index (χ0) is 22.6. The summed E-state index contributed by atoms with van der Waals surface area (Å²) < 4.78 is 52.5. The van der Waals surface area contributed by atoms with Gasteiger partial charge in [-0.3, -0.25) is 0 Å². The molecule has 0 radical (unpaired) electrons. The average Bonchev–Trinajstić information content (AvgIpc) is 2.99. The van der Waals surface area contributed by atoms with Crippen molar-refractivity contribution in [3.8, 4) is 17.1 Å². The number of para-hydroxylation sites is 3. The Balaban J connectivity index is 2.26. The van der Waals surface area contributed by atoms with Gasteiger partial charge in [0.15, 0.2) is 11.0 Å². The summed E-state index contributed by atoms with van der Waals surface area (Å²) in [4.78, 5) is 0. The maximum Gasteiger partial charge on any atom is 0.295 e. The molecule has 2 nitrogen and oxygen atoms in total. The molecule has 4 rings (SSSR count). The molecule has 124 valence electrons. The summed E-state index contributed by atoms with van der Waals surface area (Å²) in [6.45, 7) is -2.98. The van der Waals surface area contributed by atoms with Crippen LogP contribution in [0.3, 0.4) is 0 Å². The largest absolute Gasteiger partial charge is 0.295 e. The number of hydrogen-bond acceptors (Lipinski definition) is 0. The van der Waals surface area contributed by atoms with Crippen LogP contribution in [-0.2, 0) is 7.05 Å². The van der Waals surface area contributed by atoms with Gasteiger partial charge in [-0.05, 0) is 55.5 Å². The highest BCUT2D eigenvalue weighted by Gasteiger charge is 2.28. The SMILES string of the molecule is [2H]C([2H])([2H])c1cccc(C([2H])([2H])[2H])c1-n1c(-c2ccccc2C)[n+](C)c2ccccc21. The number of aryl methyl sites for hydroxylation is 4. The first-order chi connectivity index (χ1) is 14.5. The molecule has 0 aliphatic heterocycles. The molecule has 0 bridgehead atoms. The molecular weight excluding hydrogens is 304 g/mol. The number of aromatic nitrogens is 2. The van der Waals surface area contributed by atoms with Crippen molar-refractivity contribution in [3.05, 3.63) is 83.4 Å². The second-order valence-corrected chi connectivity index (χ2v) is 6.22. The van der Waals surface area contributed by atoms with E-state index in [-0.39, 0.29) is 16.8 Å². The Morgan fingerprint density at radius 2 is 1.44 bits per heavy atom. The molecule has 3 aromatic carbocycles. The summed E-state index contributed by atoms with van der Waals surface area (Å²) in [5.41, 5.74) is 3.73. The van der Waals surface area contributed by atoms with Gasteiger partial charge in [-0.15, -0.1) is 0 Å². The molecule has 0 amide bonds. The van der Waals surface area contributed by atoms with Crippen LogP contribution < -0.4 is 4.57 Å². The Kier molecular flexibility index (Phi) is 2.40. The van der Waals surface area contributed by atoms with E-state index in [2.05, 4.69) is 0 Å². The molecule has 0 atom stereocenters. The fourth-order valence-corrected chi connectivity index (χ4v) is 3.45. The fourth-order valence-electron chi connectivity index (χ4n) is 3.45. The van der Waals surface area contributed by atoms with Crippen LogP contribution in [0.5, 0.6) is 0 Å². The van der Waals surface area contributed by atoms with Crippen molar-refractivity contribution in [1.82, 2.24) is 4.57 Å². The molecule has 0 saturated carbocycles. The van der Waals surface area contributed by atoms with Gasteiger partial charge in [0.2, 0.25) is 0 Å².